The number of carbonyl (C=O) groups excluding carboxylic acids is 2. The normalized spacial score (nSPS) is 12.1. The van der Waals surface area contributed by atoms with Crippen molar-refractivity contribution in [2.24, 2.45) is 0 Å². The zero-order valence-corrected chi connectivity index (χ0v) is 24.0. The van der Waals surface area contributed by atoms with E-state index in [4.69, 9.17) is 11.6 Å². The van der Waals surface area contributed by atoms with Gasteiger partial charge in [-0.2, -0.15) is 0 Å². The van der Waals surface area contributed by atoms with Gasteiger partial charge < -0.3 is 10.2 Å². The Morgan fingerprint density at radius 1 is 0.875 bits per heavy atom. The van der Waals surface area contributed by atoms with Crippen LogP contribution in [0.3, 0.4) is 0 Å². The van der Waals surface area contributed by atoms with Gasteiger partial charge in [0, 0.05) is 29.9 Å². The molecule has 0 fully saturated rings. The molecule has 0 radical (unpaired) electrons. The third-order valence-corrected chi connectivity index (χ3v) is 8.13. The Kier molecular flexibility index (Phi) is 9.45. The first kappa shape index (κ1) is 29.1. The van der Waals surface area contributed by atoms with Crippen LogP contribution in [-0.2, 0) is 32.6 Å². The Morgan fingerprint density at radius 3 is 2.23 bits per heavy atom. The molecule has 0 spiro atoms. The molecule has 1 unspecified atom stereocenters. The van der Waals surface area contributed by atoms with Crippen molar-refractivity contribution in [1.29, 1.82) is 0 Å². The third kappa shape index (κ3) is 7.00. The molecule has 0 bridgehead atoms. The number of hydrogen-bond acceptors (Lipinski definition) is 4. The second-order valence-electron chi connectivity index (χ2n) is 9.48. The molecule has 208 valence electrons. The number of amides is 2. The van der Waals surface area contributed by atoms with Crippen LogP contribution in [0.4, 0.5) is 5.69 Å². The molecule has 4 aromatic rings. The summed E-state index contributed by atoms with van der Waals surface area (Å²) >= 11 is 6.47. The van der Waals surface area contributed by atoms with E-state index in [-0.39, 0.29) is 18.9 Å². The van der Waals surface area contributed by atoms with Gasteiger partial charge in [-0.15, -0.1) is 0 Å². The molecule has 0 saturated heterocycles. The lowest BCUT2D eigenvalue weighted by Gasteiger charge is -2.33. The van der Waals surface area contributed by atoms with Gasteiger partial charge in [0.15, 0.2) is 0 Å². The standard InChI is InChI=1S/C31H32ClN3O4S/c1-3-33-31(37)29(20-23-12-5-4-6-13-23)34(21-25-15-8-10-18-27(25)32)30(36)22-35(40(2,38)39)28-19-11-16-24-14-7-9-17-26(24)28/h4-19,29H,3,20-22H2,1-2H3,(H,33,37). The van der Waals surface area contributed by atoms with Crippen molar-refractivity contribution in [3.05, 3.63) is 113 Å². The zero-order chi connectivity index (χ0) is 28.7. The van der Waals surface area contributed by atoms with Gasteiger partial charge in [-0.1, -0.05) is 96.5 Å². The molecule has 0 aliphatic rings. The van der Waals surface area contributed by atoms with E-state index in [1.54, 1.807) is 36.4 Å². The summed E-state index contributed by atoms with van der Waals surface area (Å²) in [6, 6.07) is 28.3. The average molecular weight is 578 g/mol. The second kappa shape index (κ2) is 13.0. The number of rotatable bonds is 11. The van der Waals surface area contributed by atoms with E-state index in [2.05, 4.69) is 5.32 Å². The van der Waals surface area contributed by atoms with Gasteiger partial charge in [-0.05, 0) is 35.6 Å². The molecule has 1 atom stereocenters. The monoisotopic (exact) mass is 577 g/mol. The first-order valence-corrected chi connectivity index (χ1v) is 15.2. The Morgan fingerprint density at radius 2 is 1.52 bits per heavy atom. The third-order valence-electron chi connectivity index (χ3n) is 6.64. The van der Waals surface area contributed by atoms with E-state index in [9.17, 15) is 18.0 Å². The summed E-state index contributed by atoms with van der Waals surface area (Å²) in [7, 11) is -3.87. The van der Waals surface area contributed by atoms with Gasteiger partial charge in [-0.3, -0.25) is 13.9 Å². The number of hydrogen-bond donors (Lipinski definition) is 1. The van der Waals surface area contributed by atoms with Crippen LogP contribution < -0.4 is 9.62 Å². The minimum absolute atomic E-state index is 0.0281. The molecule has 0 saturated carbocycles. The molecule has 0 aliphatic carbocycles. The fourth-order valence-corrected chi connectivity index (χ4v) is 5.73. The number of halogens is 1. The van der Waals surface area contributed by atoms with Crippen molar-refractivity contribution in [3.63, 3.8) is 0 Å². The van der Waals surface area contributed by atoms with Crippen LogP contribution in [0.25, 0.3) is 10.8 Å². The molecule has 4 rings (SSSR count). The summed E-state index contributed by atoms with van der Waals surface area (Å²) in [5, 5.41) is 4.84. The molecular weight excluding hydrogens is 546 g/mol. The fraction of sp³-hybridized carbons (Fsp3) is 0.226. The van der Waals surface area contributed by atoms with Crippen LogP contribution in [0.15, 0.2) is 97.1 Å². The minimum Gasteiger partial charge on any atom is -0.355 e. The maximum Gasteiger partial charge on any atom is 0.244 e. The Bertz CT molecular complexity index is 1590. The highest BCUT2D eigenvalue weighted by Gasteiger charge is 2.33. The topological polar surface area (TPSA) is 86.8 Å². The van der Waals surface area contributed by atoms with Crippen LogP contribution in [0.5, 0.6) is 0 Å². The number of anilines is 1. The SMILES string of the molecule is CCNC(=O)C(Cc1ccccc1)N(Cc1ccccc1Cl)C(=O)CN(c1cccc2ccccc12)S(C)(=O)=O. The number of nitrogens with one attached hydrogen (secondary N) is 1. The second-order valence-corrected chi connectivity index (χ2v) is 11.8. The summed E-state index contributed by atoms with van der Waals surface area (Å²) < 4.78 is 27.3. The minimum atomic E-state index is -3.87. The summed E-state index contributed by atoms with van der Waals surface area (Å²) in [6.45, 7) is 1.73. The molecule has 7 nitrogen and oxygen atoms in total. The molecule has 0 heterocycles. The lowest BCUT2D eigenvalue weighted by atomic mass is 10.0. The summed E-state index contributed by atoms with van der Waals surface area (Å²) in [5.41, 5.74) is 1.91. The highest BCUT2D eigenvalue weighted by atomic mass is 35.5. The van der Waals surface area contributed by atoms with Crippen molar-refractivity contribution < 1.29 is 18.0 Å². The van der Waals surface area contributed by atoms with Crippen molar-refractivity contribution in [2.75, 3.05) is 23.7 Å². The van der Waals surface area contributed by atoms with E-state index < -0.39 is 28.5 Å². The first-order valence-electron chi connectivity index (χ1n) is 13.0. The number of carbonyl (C=O) groups is 2. The number of likely N-dealkylation sites (N-methyl/N-ethyl adjacent to an activating group) is 1. The van der Waals surface area contributed by atoms with E-state index in [1.165, 1.54) is 4.90 Å². The van der Waals surface area contributed by atoms with Gasteiger partial charge in [0.05, 0.1) is 11.9 Å². The summed E-state index contributed by atoms with van der Waals surface area (Å²) in [5.74, 6) is -0.853. The maximum atomic E-state index is 14.2. The smallest absolute Gasteiger partial charge is 0.244 e. The number of nitrogens with zero attached hydrogens (tertiary/aromatic N) is 2. The van der Waals surface area contributed by atoms with E-state index in [0.717, 1.165) is 21.5 Å². The number of sulfonamides is 1. The van der Waals surface area contributed by atoms with Crippen molar-refractivity contribution in [3.8, 4) is 0 Å². The summed E-state index contributed by atoms with van der Waals surface area (Å²) in [4.78, 5) is 29.0. The fourth-order valence-electron chi connectivity index (χ4n) is 4.68. The van der Waals surface area contributed by atoms with E-state index in [0.29, 0.717) is 28.2 Å². The molecular formula is C31H32ClN3O4S. The van der Waals surface area contributed by atoms with Gasteiger partial charge in [0.2, 0.25) is 21.8 Å². The van der Waals surface area contributed by atoms with Gasteiger partial charge in [0.1, 0.15) is 12.6 Å². The van der Waals surface area contributed by atoms with Gasteiger partial charge >= 0.3 is 0 Å². The number of fused-ring (bicyclic) bond motifs is 1. The van der Waals surface area contributed by atoms with Gasteiger partial charge in [-0.25, -0.2) is 8.42 Å². The molecule has 0 aliphatic heterocycles. The lowest BCUT2D eigenvalue weighted by Crippen LogP contribution is -2.53. The largest absolute Gasteiger partial charge is 0.355 e. The van der Waals surface area contributed by atoms with E-state index >= 15 is 0 Å². The maximum absolute atomic E-state index is 14.2. The van der Waals surface area contributed by atoms with Crippen molar-refractivity contribution in [1.82, 2.24) is 10.2 Å². The highest BCUT2D eigenvalue weighted by Crippen LogP contribution is 2.29. The molecule has 2 amide bonds. The van der Waals surface area contributed by atoms with Crippen molar-refractivity contribution in [2.45, 2.75) is 25.9 Å². The summed E-state index contributed by atoms with van der Waals surface area (Å²) in [6.07, 6.45) is 1.32. The number of benzene rings is 4. The molecule has 0 aromatic heterocycles. The van der Waals surface area contributed by atoms with Crippen LogP contribution in [0, 0.1) is 0 Å². The predicted molar refractivity (Wildman–Crippen MR) is 161 cm³/mol. The predicted octanol–water partition coefficient (Wildman–Crippen LogP) is 5.04. The lowest BCUT2D eigenvalue weighted by molar-refractivity contribution is -0.140. The first-order chi connectivity index (χ1) is 19.2. The van der Waals surface area contributed by atoms with Crippen molar-refractivity contribution >= 4 is 49.9 Å². The molecule has 1 N–H and O–H groups in total. The van der Waals surface area contributed by atoms with Crippen LogP contribution >= 0.6 is 11.6 Å². The highest BCUT2D eigenvalue weighted by molar-refractivity contribution is 7.92. The van der Waals surface area contributed by atoms with Gasteiger partial charge in [0.25, 0.3) is 0 Å². The molecule has 40 heavy (non-hydrogen) atoms. The Balaban J connectivity index is 1.78. The van der Waals surface area contributed by atoms with Crippen LogP contribution in [-0.4, -0.2) is 50.5 Å². The molecule has 9 heteroatoms. The quantitative estimate of drug-likeness (QED) is 0.271. The average Bonchev–Trinajstić information content (AvgIpc) is 2.94. The molecule has 4 aromatic carbocycles. The van der Waals surface area contributed by atoms with E-state index in [1.807, 2.05) is 67.6 Å². The van der Waals surface area contributed by atoms with Crippen LogP contribution in [0.2, 0.25) is 5.02 Å². The zero-order valence-electron chi connectivity index (χ0n) is 22.5. The Labute approximate surface area is 240 Å². The Hall–Kier alpha value is -3.88. The van der Waals surface area contributed by atoms with Crippen LogP contribution in [0.1, 0.15) is 18.1 Å².